The van der Waals surface area contributed by atoms with Gasteiger partial charge in [-0.15, -0.1) is 0 Å². The van der Waals surface area contributed by atoms with Crippen molar-refractivity contribution in [1.29, 1.82) is 0 Å². The van der Waals surface area contributed by atoms with E-state index in [2.05, 4.69) is 4.72 Å². The Balaban J connectivity index is 1.79. The largest absolute Gasteiger partial charge is 0.312 e. The highest BCUT2D eigenvalue weighted by Gasteiger charge is 2.23. The van der Waals surface area contributed by atoms with Gasteiger partial charge in [-0.2, -0.15) is 0 Å². The first-order valence-corrected chi connectivity index (χ1v) is 9.90. The van der Waals surface area contributed by atoms with E-state index in [0.717, 1.165) is 18.2 Å². The van der Waals surface area contributed by atoms with E-state index in [0.29, 0.717) is 24.1 Å². The number of aryl methyl sites for hydroxylation is 1. The second-order valence-electron chi connectivity index (χ2n) is 6.35. The van der Waals surface area contributed by atoms with Gasteiger partial charge in [0.25, 0.3) is 5.69 Å². The lowest BCUT2D eigenvalue weighted by Crippen LogP contribution is -2.25. The van der Waals surface area contributed by atoms with Gasteiger partial charge in [-0.3, -0.25) is 14.9 Å². The maximum atomic E-state index is 12.6. The molecule has 1 fully saturated rings. The molecule has 0 aliphatic carbocycles. The monoisotopic (exact) mass is 389 g/mol. The third kappa shape index (κ3) is 4.15. The molecule has 1 heterocycles. The average Bonchev–Trinajstić information content (AvgIpc) is 3.06. The van der Waals surface area contributed by atoms with E-state index in [1.54, 1.807) is 30.0 Å². The van der Waals surface area contributed by atoms with Gasteiger partial charge < -0.3 is 4.90 Å². The highest BCUT2D eigenvalue weighted by atomic mass is 32.2. The van der Waals surface area contributed by atoms with Gasteiger partial charge in [0.2, 0.25) is 15.9 Å². The van der Waals surface area contributed by atoms with Crippen LogP contribution in [0.2, 0.25) is 0 Å². The highest BCUT2D eigenvalue weighted by Crippen LogP contribution is 2.24. The number of nitrogens with one attached hydrogen (secondary N) is 1. The molecule has 0 bridgehead atoms. The van der Waals surface area contributed by atoms with Crippen molar-refractivity contribution in [2.75, 3.05) is 11.4 Å². The lowest BCUT2D eigenvalue weighted by Gasteiger charge is -2.17. The molecule has 2 aromatic carbocycles. The number of rotatable bonds is 6. The minimum absolute atomic E-state index is 0.0142. The van der Waals surface area contributed by atoms with Crippen molar-refractivity contribution in [1.82, 2.24) is 4.72 Å². The molecule has 3 rings (SSSR count). The Morgan fingerprint density at radius 3 is 2.67 bits per heavy atom. The Labute approximate surface area is 157 Å². The molecule has 27 heavy (non-hydrogen) atoms. The number of hydrogen-bond acceptors (Lipinski definition) is 5. The normalized spacial score (nSPS) is 14.6. The number of nitro benzene ring substituents is 1. The van der Waals surface area contributed by atoms with Crippen LogP contribution in [0.3, 0.4) is 0 Å². The molecule has 1 amide bonds. The lowest BCUT2D eigenvalue weighted by atomic mass is 10.2. The molecule has 0 spiro atoms. The zero-order valence-electron chi connectivity index (χ0n) is 14.7. The van der Waals surface area contributed by atoms with Crippen LogP contribution >= 0.6 is 0 Å². The molecule has 1 saturated heterocycles. The highest BCUT2D eigenvalue weighted by molar-refractivity contribution is 7.89. The number of nitrogens with zero attached hydrogens (tertiary/aromatic N) is 2. The van der Waals surface area contributed by atoms with Crippen LogP contribution in [-0.2, 0) is 21.4 Å². The first-order valence-electron chi connectivity index (χ1n) is 8.42. The Morgan fingerprint density at radius 1 is 1.22 bits per heavy atom. The van der Waals surface area contributed by atoms with E-state index in [1.165, 1.54) is 12.1 Å². The van der Waals surface area contributed by atoms with Crippen LogP contribution in [-0.4, -0.2) is 25.8 Å². The SMILES string of the molecule is Cc1ccc([N+](=O)[O-])cc1S(=O)(=O)NCc1cccc(N2CCCC2=O)c1. The van der Waals surface area contributed by atoms with Crippen LogP contribution in [0.25, 0.3) is 0 Å². The first-order chi connectivity index (χ1) is 12.8. The van der Waals surface area contributed by atoms with Gasteiger partial charge in [0.15, 0.2) is 0 Å². The number of anilines is 1. The zero-order chi connectivity index (χ0) is 19.6. The van der Waals surface area contributed by atoms with Crippen LogP contribution in [0.1, 0.15) is 24.0 Å². The van der Waals surface area contributed by atoms with Crippen LogP contribution in [0.5, 0.6) is 0 Å². The van der Waals surface area contributed by atoms with E-state index < -0.39 is 14.9 Å². The van der Waals surface area contributed by atoms with Gasteiger partial charge in [-0.05, 0) is 36.6 Å². The molecule has 0 unspecified atom stereocenters. The van der Waals surface area contributed by atoms with Crippen molar-refractivity contribution >= 4 is 27.3 Å². The maximum Gasteiger partial charge on any atom is 0.270 e. The summed E-state index contributed by atoms with van der Waals surface area (Å²) in [5.41, 5.74) is 1.57. The topological polar surface area (TPSA) is 110 Å². The van der Waals surface area contributed by atoms with Crippen LogP contribution in [0, 0.1) is 17.0 Å². The average molecular weight is 389 g/mol. The molecule has 9 heteroatoms. The summed E-state index contributed by atoms with van der Waals surface area (Å²) in [6.45, 7) is 2.25. The molecule has 2 aromatic rings. The second kappa shape index (κ2) is 7.45. The molecule has 1 aliphatic heterocycles. The molecule has 1 aliphatic rings. The third-order valence-electron chi connectivity index (χ3n) is 4.43. The summed E-state index contributed by atoms with van der Waals surface area (Å²) in [5.74, 6) is 0.0555. The van der Waals surface area contributed by atoms with Gasteiger partial charge in [-0.25, -0.2) is 13.1 Å². The predicted molar refractivity (Wildman–Crippen MR) is 99.9 cm³/mol. The van der Waals surface area contributed by atoms with Crippen LogP contribution < -0.4 is 9.62 Å². The van der Waals surface area contributed by atoms with Crippen molar-refractivity contribution < 1.29 is 18.1 Å². The standard InChI is InChI=1S/C18H19N3O5S/c1-13-7-8-16(21(23)24)11-17(13)27(25,26)19-12-14-4-2-5-15(10-14)20-9-3-6-18(20)22/h2,4-5,7-8,10-11,19H,3,6,9,12H2,1H3. The van der Waals surface area contributed by atoms with Crippen molar-refractivity contribution in [3.63, 3.8) is 0 Å². The van der Waals surface area contributed by atoms with Gasteiger partial charge >= 0.3 is 0 Å². The van der Waals surface area contributed by atoms with Crippen molar-refractivity contribution in [3.8, 4) is 0 Å². The van der Waals surface area contributed by atoms with E-state index >= 15 is 0 Å². The van der Waals surface area contributed by atoms with E-state index in [1.807, 2.05) is 6.07 Å². The summed E-state index contributed by atoms with van der Waals surface area (Å²) < 4.78 is 27.7. The summed E-state index contributed by atoms with van der Waals surface area (Å²) >= 11 is 0. The molecule has 0 aromatic heterocycles. The molecule has 0 atom stereocenters. The van der Waals surface area contributed by atoms with Crippen LogP contribution in [0.4, 0.5) is 11.4 Å². The molecule has 8 nitrogen and oxygen atoms in total. The van der Waals surface area contributed by atoms with Gasteiger partial charge in [-0.1, -0.05) is 18.2 Å². The number of hydrogen-bond donors (Lipinski definition) is 1. The Hall–Kier alpha value is -2.78. The fourth-order valence-corrected chi connectivity index (χ4v) is 4.28. The van der Waals surface area contributed by atoms with Gasteiger partial charge in [0, 0.05) is 37.3 Å². The Morgan fingerprint density at radius 2 is 2.00 bits per heavy atom. The van der Waals surface area contributed by atoms with Gasteiger partial charge in [0.1, 0.15) is 0 Å². The first kappa shape index (κ1) is 19.0. The number of amides is 1. The third-order valence-corrected chi connectivity index (χ3v) is 5.98. The number of benzene rings is 2. The van der Waals surface area contributed by atoms with E-state index in [-0.39, 0.29) is 23.0 Å². The smallest absolute Gasteiger partial charge is 0.270 e. The van der Waals surface area contributed by atoms with E-state index in [9.17, 15) is 23.3 Å². The molecule has 0 saturated carbocycles. The quantitative estimate of drug-likeness (QED) is 0.603. The summed E-state index contributed by atoms with van der Waals surface area (Å²) in [4.78, 5) is 23.7. The number of non-ortho nitro benzene ring substituents is 1. The minimum Gasteiger partial charge on any atom is -0.312 e. The lowest BCUT2D eigenvalue weighted by molar-refractivity contribution is -0.385. The van der Waals surface area contributed by atoms with Gasteiger partial charge in [0.05, 0.1) is 9.82 Å². The summed E-state index contributed by atoms with van der Waals surface area (Å²) in [6.07, 6.45) is 1.32. The van der Waals surface area contributed by atoms with Crippen molar-refractivity contribution in [2.24, 2.45) is 0 Å². The fraction of sp³-hybridized carbons (Fsp3) is 0.278. The summed E-state index contributed by atoms with van der Waals surface area (Å²) in [7, 11) is -3.92. The molecule has 0 radical (unpaired) electrons. The molecular weight excluding hydrogens is 370 g/mol. The number of nitro groups is 1. The Bertz CT molecular complexity index is 1000. The van der Waals surface area contributed by atoms with Crippen LogP contribution in [0.15, 0.2) is 47.4 Å². The summed E-state index contributed by atoms with van der Waals surface area (Å²) in [5, 5.41) is 10.9. The Kier molecular flexibility index (Phi) is 5.24. The van der Waals surface area contributed by atoms with Crippen molar-refractivity contribution in [3.05, 3.63) is 63.7 Å². The zero-order valence-corrected chi connectivity index (χ0v) is 15.5. The summed E-state index contributed by atoms with van der Waals surface area (Å²) in [6, 6.07) is 10.8. The molecule has 1 N–H and O–H groups in total. The fourth-order valence-electron chi connectivity index (χ4n) is 3.00. The number of carbonyl (C=O) groups is 1. The predicted octanol–water partition coefficient (Wildman–Crippen LogP) is 2.51. The minimum atomic E-state index is -3.92. The number of sulfonamides is 1. The second-order valence-corrected chi connectivity index (χ2v) is 8.09. The molecule has 142 valence electrons. The molecular formula is C18H19N3O5S. The van der Waals surface area contributed by atoms with Crippen molar-refractivity contribution in [2.45, 2.75) is 31.2 Å². The number of carbonyl (C=O) groups excluding carboxylic acids is 1. The van der Waals surface area contributed by atoms with E-state index in [4.69, 9.17) is 0 Å². The maximum absolute atomic E-state index is 12.6.